The molecule has 0 fully saturated rings. The highest BCUT2D eigenvalue weighted by molar-refractivity contribution is 14.0. The Morgan fingerprint density at radius 2 is 1.96 bits per heavy atom. The topological polar surface area (TPSA) is 64.1 Å². The molecule has 1 aromatic heterocycles. The lowest BCUT2D eigenvalue weighted by atomic mass is 10.1. The van der Waals surface area contributed by atoms with Gasteiger partial charge in [-0.2, -0.15) is 8.78 Å². The monoisotopic (exact) mass is 575 g/mol. The maximum atomic E-state index is 12.7. The molecule has 27 heavy (non-hydrogen) atoms. The number of guanidine groups is 1. The Balaban J connectivity index is 0.00000261. The van der Waals surface area contributed by atoms with Crippen LogP contribution in [0.25, 0.3) is 0 Å². The molecule has 11 heteroatoms. The van der Waals surface area contributed by atoms with Gasteiger partial charge in [0.15, 0.2) is 17.5 Å². The summed E-state index contributed by atoms with van der Waals surface area (Å²) in [5.74, 6) is 1.45. The third-order valence-electron chi connectivity index (χ3n) is 3.49. The van der Waals surface area contributed by atoms with Gasteiger partial charge in [-0.05, 0) is 28.1 Å². The first-order valence-electron chi connectivity index (χ1n) is 7.60. The first kappa shape index (κ1) is 22.0. The van der Waals surface area contributed by atoms with Crippen molar-refractivity contribution in [2.45, 2.75) is 19.7 Å². The molecular formula is C16H17BrF2IN3O3S. The molecule has 0 unspecified atom stereocenters. The van der Waals surface area contributed by atoms with Gasteiger partial charge < -0.3 is 24.8 Å². The fraction of sp³-hybridized carbons (Fsp3) is 0.312. The molecule has 0 atom stereocenters. The second-order valence-electron chi connectivity index (χ2n) is 5.20. The summed E-state index contributed by atoms with van der Waals surface area (Å²) in [6.45, 7) is -2.05. The lowest BCUT2D eigenvalue weighted by Crippen LogP contribution is -2.36. The molecule has 0 amide bonds. The van der Waals surface area contributed by atoms with E-state index >= 15 is 0 Å². The van der Waals surface area contributed by atoms with E-state index in [2.05, 4.69) is 36.3 Å². The van der Waals surface area contributed by atoms with E-state index in [1.165, 1.54) is 6.07 Å². The number of nitrogens with one attached hydrogen (secondary N) is 2. The van der Waals surface area contributed by atoms with Crippen molar-refractivity contribution >= 4 is 57.2 Å². The van der Waals surface area contributed by atoms with Gasteiger partial charge in [0.05, 0.1) is 6.54 Å². The Bertz CT molecular complexity index is 807. The lowest BCUT2D eigenvalue weighted by Gasteiger charge is -2.15. The Morgan fingerprint density at radius 1 is 1.26 bits per heavy atom. The minimum absolute atomic E-state index is 0. The van der Waals surface area contributed by atoms with Gasteiger partial charge in [-0.15, -0.1) is 35.3 Å². The minimum Gasteiger partial charge on any atom is -0.454 e. The number of thiophene rings is 1. The Labute approximate surface area is 184 Å². The van der Waals surface area contributed by atoms with Gasteiger partial charge in [0.2, 0.25) is 6.79 Å². The molecule has 0 spiro atoms. The summed E-state index contributed by atoms with van der Waals surface area (Å²) in [6.07, 6.45) is 0. The van der Waals surface area contributed by atoms with E-state index in [4.69, 9.17) is 9.47 Å². The van der Waals surface area contributed by atoms with Crippen LogP contribution in [0.3, 0.4) is 0 Å². The van der Waals surface area contributed by atoms with Gasteiger partial charge in [-0.3, -0.25) is 4.99 Å². The average Bonchev–Trinajstić information content (AvgIpc) is 3.22. The molecule has 0 radical (unpaired) electrons. The molecule has 0 saturated heterocycles. The number of rotatable bonds is 6. The smallest absolute Gasteiger partial charge is 0.387 e. The van der Waals surface area contributed by atoms with Crippen molar-refractivity contribution in [1.29, 1.82) is 0 Å². The van der Waals surface area contributed by atoms with Gasteiger partial charge in [0.25, 0.3) is 0 Å². The molecule has 6 nitrogen and oxygen atoms in total. The number of aliphatic imine (C=N–C) groups is 1. The molecule has 148 valence electrons. The fourth-order valence-electron chi connectivity index (χ4n) is 2.33. The van der Waals surface area contributed by atoms with Crippen LogP contribution >= 0.6 is 51.2 Å². The van der Waals surface area contributed by atoms with Crippen molar-refractivity contribution in [3.63, 3.8) is 0 Å². The van der Waals surface area contributed by atoms with Crippen molar-refractivity contribution in [1.82, 2.24) is 10.6 Å². The molecule has 1 aromatic carbocycles. The quantitative estimate of drug-likeness (QED) is 0.305. The molecule has 0 bridgehead atoms. The third kappa shape index (κ3) is 6.07. The first-order valence-corrected chi connectivity index (χ1v) is 9.27. The van der Waals surface area contributed by atoms with Crippen LogP contribution in [-0.2, 0) is 13.1 Å². The van der Waals surface area contributed by atoms with Gasteiger partial charge in [-0.1, -0.05) is 0 Å². The molecular weight excluding hydrogens is 559 g/mol. The summed E-state index contributed by atoms with van der Waals surface area (Å²) in [5, 5.41) is 8.24. The molecule has 1 aliphatic rings. The number of nitrogens with zero attached hydrogens (tertiary/aromatic N) is 1. The van der Waals surface area contributed by atoms with Crippen molar-refractivity contribution in [3.05, 3.63) is 38.5 Å². The van der Waals surface area contributed by atoms with Crippen molar-refractivity contribution < 1.29 is 23.0 Å². The predicted octanol–water partition coefficient (Wildman–Crippen LogP) is 4.32. The minimum atomic E-state index is -2.93. The summed E-state index contributed by atoms with van der Waals surface area (Å²) in [5.41, 5.74) is 0.511. The van der Waals surface area contributed by atoms with Crippen LogP contribution in [-0.4, -0.2) is 26.4 Å². The molecule has 3 rings (SSSR count). The zero-order chi connectivity index (χ0) is 18.5. The van der Waals surface area contributed by atoms with E-state index < -0.39 is 6.61 Å². The number of ether oxygens (including phenoxy) is 3. The van der Waals surface area contributed by atoms with Crippen LogP contribution in [0.1, 0.15) is 10.4 Å². The van der Waals surface area contributed by atoms with E-state index in [0.717, 1.165) is 9.35 Å². The van der Waals surface area contributed by atoms with Crippen LogP contribution in [0.4, 0.5) is 8.78 Å². The Hall–Kier alpha value is -1.34. The van der Waals surface area contributed by atoms with Crippen molar-refractivity contribution in [2.75, 3.05) is 13.8 Å². The number of halogens is 4. The maximum absolute atomic E-state index is 12.7. The fourth-order valence-corrected chi connectivity index (χ4v) is 3.72. The van der Waals surface area contributed by atoms with E-state index in [1.54, 1.807) is 24.5 Å². The summed E-state index contributed by atoms with van der Waals surface area (Å²) in [4.78, 5) is 5.26. The first-order chi connectivity index (χ1) is 12.5. The van der Waals surface area contributed by atoms with Gasteiger partial charge in [-0.25, -0.2) is 0 Å². The van der Waals surface area contributed by atoms with Crippen LogP contribution in [0.2, 0.25) is 0 Å². The zero-order valence-corrected chi connectivity index (χ0v) is 18.9. The summed E-state index contributed by atoms with van der Waals surface area (Å²) in [6, 6.07) is 5.04. The van der Waals surface area contributed by atoms with E-state index in [-0.39, 0.29) is 43.1 Å². The molecule has 0 aliphatic carbocycles. The van der Waals surface area contributed by atoms with Crippen LogP contribution < -0.4 is 24.8 Å². The zero-order valence-electron chi connectivity index (χ0n) is 14.1. The number of alkyl halides is 2. The van der Waals surface area contributed by atoms with Crippen LogP contribution in [0.15, 0.2) is 33.0 Å². The second-order valence-corrected chi connectivity index (χ2v) is 7.11. The molecule has 0 saturated carbocycles. The average molecular weight is 576 g/mol. The highest BCUT2D eigenvalue weighted by Gasteiger charge is 2.20. The third-order valence-corrected chi connectivity index (χ3v) is 5.19. The largest absolute Gasteiger partial charge is 0.454 e. The van der Waals surface area contributed by atoms with Crippen molar-refractivity contribution in [3.8, 4) is 17.2 Å². The number of benzene rings is 1. The van der Waals surface area contributed by atoms with E-state index in [1.807, 2.05) is 11.4 Å². The Kier molecular flexibility index (Phi) is 8.35. The predicted molar refractivity (Wildman–Crippen MR) is 114 cm³/mol. The highest BCUT2D eigenvalue weighted by atomic mass is 127. The SMILES string of the molecule is CN=C(NCc1cc(Br)cs1)NCc1cc2c(cc1OC(F)F)OCO2.I. The number of hydrogen-bond acceptors (Lipinski definition) is 5. The van der Waals surface area contributed by atoms with Gasteiger partial charge in [0.1, 0.15) is 5.75 Å². The van der Waals surface area contributed by atoms with Gasteiger partial charge >= 0.3 is 6.61 Å². The Morgan fingerprint density at radius 3 is 2.59 bits per heavy atom. The van der Waals surface area contributed by atoms with E-state index in [9.17, 15) is 8.78 Å². The van der Waals surface area contributed by atoms with E-state index in [0.29, 0.717) is 29.6 Å². The van der Waals surface area contributed by atoms with Crippen LogP contribution in [0, 0.1) is 0 Å². The standard InChI is InChI=1S/C16H16BrF2N3O3S.HI/c1-20-16(22-6-11-3-10(17)7-26-11)21-5-9-2-13-14(24-8-23-13)4-12(9)25-15(18)19;/h2-4,7,15H,5-6,8H2,1H3,(H2,20,21,22);1H. The summed E-state index contributed by atoms with van der Waals surface area (Å²) < 4.78 is 41.5. The molecule has 2 N–H and O–H groups in total. The highest BCUT2D eigenvalue weighted by Crippen LogP contribution is 2.38. The summed E-state index contributed by atoms with van der Waals surface area (Å²) >= 11 is 5.02. The summed E-state index contributed by atoms with van der Waals surface area (Å²) in [7, 11) is 1.63. The molecule has 2 heterocycles. The van der Waals surface area contributed by atoms with Crippen molar-refractivity contribution in [2.24, 2.45) is 4.99 Å². The number of hydrogen-bond donors (Lipinski definition) is 2. The lowest BCUT2D eigenvalue weighted by molar-refractivity contribution is -0.0505. The normalized spacial score (nSPS) is 12.7. The van der Waals surface area contributed by atoms with Gasteiger partial charge in [0, 0.05) is 40.0 Å². The number of fused-ring (bicyclic) bond motifs is 1. The molecule has 2 aromatic rings. The maximum Gasteiger partial charge on any atom is 0.387 e. The molecule has 1 aliphatic heterocycles. The van der Waals surface area contributed by atoms with Crippen LogP contribution in [0.5, 0.6) is 17.2 Å². The second kappa shape index (κ2) is 10.3.